The average molecular weight is 280 g/mol. The van der Waals surface area contributed by atoms with Crippen LogP contribution in [0.2, 0.25) is 5.02 Å². The summed E-state index contributed by atoms with van der Waals surface area (Å²) in [6.07, 6.45) is 2.72. The summed E-state index contributed by atoms with van der Waals surface area (Å²) in [6.45, 7) is 3.87. The first-order valence-corrected chi connectivity index (χ1v) is 6.68. The summed E-state index contributed by atoms with van der Waals surface area (Å²) in [5, 5.41) is 5.00. The smallest absolute Gasteiger partial charge is 0.119 e. The fraction of sp³-hybridized carbons (Fsp3) is 0.357. The number of hydrogen-bond donors (Lipinski definition) is 1. The van der Waals surface area contributed by atoms with E-state index in [4.69, 9.17) is 22.1 Å². The Morgan fingerprint density at radius 3 is 2.95 bits per heavy atom. The lowest BCUT2D eigenvalue weighted by atomic mass is 10.2. The fourth-order valence-electron chi connectivity index (χ4n) is 1.79. The molecule has 2 aromatic rings. The van der Waals surface area contributed by atoms with Crippen molar-refractivity contribution in [2.45, 2.75) is 26.4 Å². The third-order valence-electron chi connectivity index (χ3n) is 2.82. The van der Waals surface area contributed by atoms with E-state index in [1.165, 1.54) is 0 Å². The molecule has 1 aromatic carbocycles. The Morgan fingerprint density at radius 2 is 2.26 bits per heavy atom. The number of hydrogen-bond acceptors (Lipinski definition) is 3. The molecule has 1 aromatic heterocycles. The molecule has 5 heteroatoms. The van der Waals surface area contributed by atoms with Crippen LogP contribution in [0.4, 0.5) is 0 Å². The second-order valence-electron chi connectivity index (χ2n) is 4.38. The van der Waals surface area contributed by atoms with E-state index < -0.39 is 0 Å². The van der Waals surface area contributed by atoms with Crippen LogP contribution in [0.15, 0.2) is 30.5 Å². The maximum atomic E-state index is 5.95. The van der Waals surface area contributed by atoms with Gasteiger partial charge in [0.15, 0.2) is 0 Å². The van der Waals surface area contributed by atoms with Crippen molar-refractivity contribution in [2.24, 2.45) is 5.73 Å². The highest BCUT2D eigenvalue weighted by molar-refractivity contribution is 6.31. The largest absolute Gasteiger partial charge is 0.494 e. The number of aromatic nitrogens is 2. The van der Waals surface area contributed by atoms with Crippen molar-refractivity contribution >= 4 is 11.6 Å². The van der Waals surface area contributed by atoms with Gasteiger partial charge in [0.1, 0.15) is 5.75 Å². The molecule has 0 aliphatic rings. The molecule has 0 amide bonds. The number of rotatable bonds is 6. The van der Waals surface area contributed by atoms with Crippen LogP contribution in [0.3, 0.4) is 0 Å². The monoisotopic (exact) mass is 279 g/mol. The molecule has 102 valence electrons. The van der Waals surface area contributed by atoms with E-state index in [1.54, 1.807) is 0 Å². The summed E-state index contributed by atoms with van der Waals surface area (Å²) in [6, 6.07) is 7.85. The van der Waals surface area contributed by atoms with Crippen LogP contribution in [0.5, 0.6) is 5.75 Å². The average Bonchev–Trinajstić information content (AvgIpc) is 2.74. The summed E-state index contributed by atoms with van der Waals surface area (Å²) in [5.74, 6) is 0.859. The molecular weight excluding hydrogens is 262 g/mol. The fourth-order valence-corrected chi connectivity index (χ4v) is 1.94. The molecule has 0 bridgehead atoms. The van der Waals surface area contributed by atoms with Gasteiger partial charge >= 0.3 is 0 Å². The maximum Gasteiger partial charge on any atom is 0.119 e. The van der Waals surface area contributed by atoms with E-state index in [1.807, 2.05) is 42.1 Å². The Kier molecular flexibility index (Phi) is 4.82. The summed E-state index contributed by atoms with van der Waals surface area (Å²) in [7, 11) is 0. The predicted octanol–water partition coefficient (Wildman–Crippen LogP) is 2.77. The number of aryl methyl sites for hydroxylation is 2. The van der Waals surface area contributed by atoms with E-state index in [2.05, 4.69) is 5.10 Å². The molecule has 0 fully saturated rings. The molecule has 0 atom stereocenters. The molecule has 2 N–H and O–H groups in total. The maximum absolute atomic E-state index is 5.95. The molecule has 0 aliphatic carbocycles. The van der Waals surface area contributed by atoms with Crippen LogP contribution in [-0.2, 0) is 13.1 Å². The van der Waals surface area contributed by atoms with Crippen molar-refractivity contribution < 1.29 is 4.74 Å². The highest BCUT2D eigenvalue weighted by atomic mass is 35.5. The first-order chi connectivity index (χ1) is 9.19. The zero-order chi connectivity index (χ0) is 13.7. The standard InChI is InChI=1S/C14H18ClN3O/c1-11-14(15)10-18(17-11)6-3-7-19-13-5-2-4-12(8-13)9-16/h2,4-5,8,10H,3,6-7,9,16H2,1H3. The molecule has 0 spiro atoms. The van der Waals surface area contributed by atoms with Crippen LogP contribution in [0, 0.1) is 6.92 Å². The van der Waals surface area contributed by atoms with Crippen molar-refractivity contribution in [3.05, 3.63) is 46.7 Å². The van der Waals surface area contributed by atoms with Crippen molar-refractivity contribution in [1.82, 2.24) is 9.78 Å². The van der Waals surface area contributed by atoms with Crippen LogP contribution in [0.25, 0.3) is 0 Å². The molecule has 0 radical (unpaired) electrons. The van der Waals surface area contributed by atoms with Crippen molar-refractivity contribution in [2.75, 3.05) is 6.61 Å². The Labute approximate surface area is 118 Å². The Morgan fingerprint density at radius 1 is 1.42 bits per heavy atom. The van der Waals surface area contributed by atoms with Gasteiger partial charge in [-0.2, -0.15) is 5.10 Å². The molecule has 0 unspecified atom stereocenters. The van der Waals surface area contributed by atoms with E-state index in [9.17, 15) is 0 Å². The van der Waals surface area contributed by atoms with Gasteiger partial charge in [0.2, 0.25) is 0 Å². The van der Waals surface area contributed by atoms with Gasteiger partial charge < -0.3 is 10.5 Å². The van der Waals surface area contributed by atoms with E-state index >= 15 is 0 Å². The highest BCUT2D eigenvalue weighted by Gasteiger charge is 2.01. The van der Waals surface area contributed by atoms with Gasteiger partial charge in [-0.05, 0) is 24.6 Å². The van der Waals surface area contributed by atoms with Crippen LogP contribution in [-0.4, -0.2) is 16.4 Å². The lowest BCUT2D eigenvalue weighted by molar-refractivity contribution is 0.298. The number of ether oxygens (including phenoxy) is 1. The minimum atomic E-state index is 0.530. The Hall–Kier alpha value is -1.52. The lowest BCUT2D eigenvalue weighted by Gasteiger charge is -2.07. The molecule has 4 nitrogen and oxygen atoms in total. The van der Waals surface area contributed by atoms with Crippen molar-refractivity contribution in [3.63, 3.8) is 0 Å². The zero-order valence-corrected chi connectivity index (χ0v) is 11.7. The quantitative estimate of drug-likeness (QED) is 0.827. The topological polar surface area (TPSA) is 53.1 Å². The molecule has 2 rings (SSSR count). The first kappa shape index (κ1) is 13.9. The van der Waals surface area contributed by atoms with Crippen LogP contribution in [0.1, 0.15) is 17.7 Å². The number of halogens is 1. The molecule has 19 heavy (non-hydrogen) atoms. The summed E-state index contributed by atoms with van der Waals surface area (Å²) < 4.78 is 7.52. The molecule has 1 heterocycles. The zero-order valence-electron chi connectivity index (χ0n) is 11.0. The predicted molar refractivity (Wildman–Crippen MR) is 76.4 cm³/mol. The summed E-state index contributed by atoms with van der Waals surface area (Å²) in [4.78, 5) is 0. The van der Waals surface area contributed by atoms with Crippen molar-refractivity contribution in [1.29, 1.82) is 0 Å². The Balaban J connectivity index is 1.77. The van der Waals surface area contributed by atoms with Crippen molar-refractivity contribution in [3.8, 4) is 5.75 Å². The van der Waals surface area contributed by atoms with Gasteiger partial charge in [-0.1, -0.05) is 23.7 Å². The SMILES string of the molecule is Cc1nn(CCCOc2cccc(CN)c2)cc1Cl. The molecule has 0 aliphatic heterocycles. The second-order valence-corrected chi connectivity index (χ2v) is 4.79. The molecule has 0 saturated heterocycles. The second kappa shape index (κ2) is 6.59. The van der Waals surface area contributed by atoms with Gasteiger partial charge in [-0.25, -0.2) is 0 Å². The van der Waals surface area contributed by atoms with E-state index in [-0.39, 0.29) is 0 Å². The van der Waals surface area contributed by atoms with Gasteiger partial charge in [-0.3, -0.25) is 4.68 Å². The van der Waals surface area contributed by atoms with Crippen LogP contribution < -0.4 is 10.5 Å². The van der Waals surface area contributed by atoms with Crippen LogP contribution >= 0.6 is 11.6 Å². The molecular formula is C14H18ClN3O. The van der Waals surface area contributed by atoms with Gasteiger partial charge in [0.25, 0.3) is 0 Å². The first-order valence-electron chi connectivity index (χ1n) is 6.30. The molecule has 0 saturated carbocycles. The number of benzene rings is 1. The summed E-state index contributed by atoms with van der Waals surface area (Å²) >= 11 is 5.95. The Bertz CT molecular complexity index is 520. The summed E-state index contributed by atoms with van der Waals surface area (Å²) in [5.41, 5.74) is 7.52. The van der Waals surface area contributed by atoms with Gasteiger partial charge in [0.05, 0.1) is 17.3 Å². The minimum absolute atomic E-state index is 0.530. The highest BCUT2D eigenvalue weighted by Crippen LogP contribution is 2.14. The van der Waals surface area contributed by atoms with E-state index in [0.717, 1.165) is 30.0 Å². The van der Waals surface area contributed by atoms with Gasteiger partial charge in [-0.15, -0.1) is 0 Å². The normalized spacial score (nSPS) is 10.7. The third-order valence-corrected chi connectivity index (χ3v) is 3.19. The lowest BCUT2D eigenvalue weighted by Crippen LogP contribution is -2.05. The van der Waals surface area contributed by atoms with Gasteiger partial charge in [0, 0.05) is 25.7 Å². The number of nitrogens with zero attached hydrogens (tertiary/aromatic N) is 2. The minimum Gasteiger partial charge on any atom is -0.494 e. The number of nitrogens with two attached hydrogens (primary N) is 1. The third kappa shape index (κ3) is 3.98. The van der Waals surface area contributed by atoms with E-state index in [0.29, 0.717) is 18.2 Å².